The molecule has 1 aliphatic carbocycles. The van der Waals surface area contributed by atoms with E-state index in [4.69, 9.17) is 21.1 Å². The van der Waals surface area contributed by atoms with Gasteiger partial charge in [-0.1, -0.05) is 29.8 Å². The second-order valence-corrected chi connectivity index (χ2v) is 14.4. The third-order valence-electron chi connectivity index (χ3n) is 9.94. The Morgan fingerprint density at radius 3 is 2.62 bits per heavy atom. The smallest absolute Gasteiger partial charge is 0.306 e. The van der Waals surface area contributed by atoms with Gasteiger partial charge in [-0.2, -0.15) is 0 Å². The first-order chi connectivity index (χ1) is 22.7. The lowest BCUT2D eigenvalue weighted by atomic mass is 9.87. The van der Waals surface area contributed by atoms with Crippen LogP contribution in [0.3, 0.4) is 0 Å². The molecule has 12 heteroatoms. The van der Waals surface area contributed by atoms with Gasteiger partial charge in [0.2, 0.25) is 5.91 Å². The number of likely N-dealkylation sites (tertiary alicyclic amines) is 2. The van der Waals surface area contributed by atoms with Crippen LogP contribution in [0.5, 0.6) is 0 Å². The van der Waals surface area contributed by atoms with E-state index in [0.29, 0.717) is 50.3 Å². The number of carbonyl (C=O) groups is 3. The molecule has 1 saturated carbocycles. The van der Waals surface area contributed by atoms with Crippen molar-refractivity contribution in [1.82, 2.24) is 9.80 Å². The van der Waals surface area contributed by atoms with E-state index in [1.807, 2.05) is 29.2 Å². The average molecular weight is 686 g/mol. The first-order valence-electron chi connectivity index (χ1n) is 16.3. The highest BCUT2D eigenvalue weighted by Gasteiger charge is 2.42. The summed E-state index contributed by atoms with van der Waals surface area (Å²) in [5.74, 6) is -1.70. The van der Waals surface area contributed by atoms with E-state index in [-0.39, 0.29) is 58.6 Å². The Bertz CT molecular complexity index is 1610. The molecule has 2 amide bonds. The van der Waals surface area contributed by atoms with Crippen LogP contribution in [-0.2, 0) is 25.5 Å². The van der Waals surface area contributed by atoms with E-state index in [9.17, 15) is 19.5 Å². The summed E-state index contributed by atoms with van der Waals surface area (Å²) < 4.78 is 27.9. The molecule has 2 N–H and O–H groups in total. The molecule has 3 aliphatic rings. The summed E-state index contributed by atoms with van der Waals surface area (Å²) in [6.07, 6.45) is 4.12. The van der Waals surface area contributed by atoms with Crippen LogP contribution in [0.25, 0.3) is 10.1 Å². The van der Waals surface area contributed by atoms with Gasteiger partial charge < -0.3 is 24.8 Å². The summed E-state index contributed by atoms with van der Waals surface area (Å²) in [6.45, 7) is 3.55. The Hall–Kier alpha value is -3.09. The van der Waals surface area contributed by atoms with Crippen LogP contribution >= 0.6 is 22.9 Å². The van der Waals surface area contributed by atoms with Crippen molar-refractivity contribution in [3.8, 4) is 0 Å². The maximum atomic E-state index is 15.4. The summed E-state index contributed by atoms with van der Waals surface area (Å²) >= 11 is 7.98. The maximum Gasteiger partial charge on any atom is 0.306 e. The highest BCUT2D eigenvalue weighted by Crippen LogP contribution is 2.33. The minimum Gasteiger partial charge on any atom is -0.481 e. The van der Waals surface area contributed by atoms with Crippen molar-refractivity contribution in [3.63, 3.8) is 0 Å². The second-order valence-electron chi connectivity index (χ2n) is 13.0. The second kappa shape index (κ2) is 15.0. The predicted molar refractivity (Wildman–Crippen MR) is 180 cm³/mol. The van der Waals surface area contributed by atoms with Crippen molar-refractivity contribution in [2.24, 2.45) is 11.8 Å². The van der Waals surface area contributed by atoms with E-state index in [2.05, 4.69) is 10.2 Å². The van der Waals surface area contributed by atoms with Crippen molar-refractivity contribution >= 4 is 56.5 Å². The number of rotatable bonds is 12. The standard InChI is InChI=1S/C35H41ClFN3O6S/c1-45-11-10-21-16-39(17-21)24-14-25(19-46-26-8-6-22(7-9-26)35(43)44)40(18-24)33(41)13-23-12-29(36)31(15-30(23)37)38-34(42)28-20-47-32-5-3-2-4-27(28)32/h2-5,12,15,20-22,24-26H,6-11,13-14,16-19H2,1H3,(H,38,42)(H,43,44)/t22-,24-,25-,26-/m0/s1. The number of benzene rings is 2. The molecule has 2 atom stereocenters. The highest BCUT2D eigenvalue weighted by molar-refractivity contribution is 7.17. The Balaban J connectivity index is 1.11. The molecule has 3 aromatic rings. The first-order valence-corrected chi connectivity index (χ1v) is 17.6. The molecule has 0 bridgehead atoms. The number of carboxylic acid groups (broad SMARTS) is 1. The molecular weight excluding hydrogens is 645 g/mol. The van der Waals surface area contributed by atoms with Crippen LogP contribution in [0, 0.1) is 17.7 Å². The third-order valence-corrected chi connectivity index (χ3v) is 11.2. The molecule has 0 spiro atoms. The van der Waals surface area contributed by atoms with Crippen LogP contribution in [0.2, 0.25) is 5.02 Å². The number of aliphatic carboxylic acids is 1. The molecule has 6 rings (SSSR count). The van der Waals surface area contributed by atoms with Crippen molar-refractivity contribution in [3.05, 3.63) is 63.7 Å². The number of methoxy groups -OCH3 is 1. The molecule has 2 aromatic carbocycles. The fraction of sp³-hybridized carbons (Fsp3) is 0.514. The fourth-order valence-corrected chi connectivity index (χ4v) is 8.32. The number of fused-ring (bicyclic) bond motifs is 1. The number of carbonyl (C=O) groups excluding carboxylic acids is 2. The third kappa shape index (κ3) is 7.81. The molecule has 252 valence electrons. The summed E-state index contributed by atoms with van der Waals surface area (Å²) in [5, 5.41) is 14.8. The lowest BCUT2D eigenvalue weighted by molar-refractivity contribution is -0.144. The van der Waals surface area contributed by atoms with E-state index in [1.165, 1.54) is 23.5 Å². The van der Waals surface area contributed by atoms with Gasteiger partial charge in [0.1, 0.15) is 5.82 Å². The van der Waals surface area contributed by atoms with Gasteiger partial charge in [-0.3, -0.25) is 19.3 Å². The number of ether oxygens (including phenoxy) is 2. The number of hydrogen-bond acceptors (Lipinski definition) is 7. The van der Waals surface area contributed by atoms with Gasteiger partial charge in [-0.25, -0.2) is 4.39 Å². The number of amides is 2. The minimum atomic E-state index is -0.754. The molecule has 0 unspecified atom stereocenters. The van der Waals surface area contributed by atoms with Crippen LogP contribution in [0.4, 0.5) is 10.1 Å². The van der Waals surface area contributed by atoms with Gasteiger partial charge in [0.25, 0.3) is 5.91 Å². The van der Waals surface area contributed by atoms with E-state index in [0.717, 1.165) is 42.6 Å². The number of nitrogens with zero attached hydrogens (tertiary/aromatic N) is 2. The molecular formula is C35H41ClFN3O6S. The molecule has 3 fully saturated rings. The summed E-state index contributed by atoms with van der Waals surface area (Å²) in [7, 11) is 1.71. The molecule has 47 heavy (non-hydrogen) atoms. The van der Waals surface area contributed by atoms with Gasteiger partial charge in [0.15, 0.2) is 0 Å². The van der Waals surface area contributed by atoms with Gasteiger partial charge >= 0.3 is 5.97 Å². The number of nitrogens with one attached hydrogen (secondary N) is 1. The lowest BCUT2D eigenvalue weighted by Gasteiger charge is -2.43. The zero-order chi connectivity index (χ0) is 33.1. The first kappa shape index (κ1) is 33.8. The summed E-state index contributed by atoms with van der Waals surface area (Å²) in [5.41, 5.74) is 0.796. The monoisotopic (exact) mass is 685 g/mol. The number of thiophene rings is 1. The van der Waals surface area contributed by atoms with Gasteiger partial charge in [0, 0.05) is 54.9 Å². The van der Waals surface area contributed by atoms with Crippen LogP contribution in [-0.4, -0.2) is 90.8 Å². The summed E-state index contributed by atoms with van der Waals surface area (Å²) in [6, 6.07) is 10.2. The predicted octanol–water partition coefficient (Wildman–Crippen LogP) is 6.09. The maximum absolute atomic E-state index is 15.4. The van der Waals surface area contributed by atoms with E-state index < -0.39 is 11.8 Å². The highest BCUT2D eigenvalue weighted by atomic mass is 35.5. The SMILES string of the molecule is COCCC1CN([C@H]2C[C@@H](CO[C@H]3CC[C@H](C(=O)O)CC3)N(C(=O)Cc3cc(Cl)c(NC(=O)c4csc5ccccc45)cc3F)C2)C1. The van der Waals surface area contributed by atoms with Crippen molar-refractivity contribution in [1.29, 1.82) is 0 Å². The fourth-order valence-electron chi connectivity index (χ4n) is 7.15. The largest absolute Gasteiger partial charge is 0.481 e. The van der Waals surface area contributed by atoms with Crippen LogP contribution < -0.4 is 5.32 Å². The molecule has 0 radical (unpaired) electrons. The quantitative estimate of drug-likeness (QED) is 0.238. The topological polar surface area (TPSA) is 108 Å². The van der Waals surface area contributed by atoms with Crippen molar-refractivity contribution in [2.75, 3.05) is 45.3 Å². The minimum absolute atomic E-state index is 0.0323. The molecule has 1 aromatic heterocycles. The van der Waals surface area contributed by atoms with Crippen molar-refractivity contribution < 1.29 is 33.4 Å². The number of carboxylic acids is 1. The number of hydrogen-bond donors (Lipinski definition) is 2. The molecule has 9 nitrogen and oxygen atoms in total. The normalized spacial score (nSPS) is 23.6. The van der Waals surface area contributed by atoms with E-state index in [1.54, 1.807) is 12.5 Å². The number of halogens is 2. The van der Waals surface area contributed by atoms with E-state index >= 15 is 4.39 Å². The number of anilines is 1. The summed E-state index contributed by atoms with van der Waals surface area (Å²) in [4.78, 5) is 42.4. The molecule has 3 heterocycles. The Morgan fingerprint density at radius 1 is 1.11 bits per heavy atom. The Kier molecular flexibility index (Phi) is 10.8. The Morgan fingerprint density at radius 2 is 1.87 bits per heavy atom. The van der Waals surface area contributed by atoms with Gasteiger partial charge in [0.05, 0.1) is 47.4 Å². The van der Waals surface area contributed by atoms with Gasteiger partial charge in [-0.15, -0.1) is 11.3 Å². The lowest BCUT2D eigenvalue weighted by Crippen LogP contribution is -2.53. The molecule has 2 saturated heterocycles. The zero-order valence-corrected chi connectivity index (χ0v) is 28.0. The van der Waals surface area contributed by atoms with Crippen LogP contribution in [0.15, 0.2) is 41.8 Å². The van der Waals surface area contributed by atoms with Gasteiger partial charge in [-0.05, 0) is 68.2 Å². The zero-order valence-electron chi connectivity index (χ0n) is 26.5. The molecule has 2 aliphatic heterocycles. The average Bonchev–Trinajstić information content (AvgIpc) is 3.67. The Labute approximate surface area is 283 Å². The van der Waals surface area contributed by atoms with Crippen LogP contribution in [0.1, 0.15) is 54.4 Å². The van der Waals surface area contributed by atoms with Crippen molar-refractivity contribution in [2.45, 2.75) is 63.1 Å².